The van der Waals surface area contributed by atoms with E-state index in [1.165, 1.54) is 11.1 Å². The molecule has 0 bridgehead atoms. The SMILES string of the molecule is COC(C)c1ccccc1C1(N)CC1. The number of hydrogen-bond donors (Lipinski definition) is 1. The van der Waals surface area contributed by atoms with Crippen LogP contribution in [0.2, 0.25) is 0 Å². The second-order valence-electron chi connectivity index (χ2n) is 4.12. The highest BCUT2D eigenvalue weighted by atomic mass is 16.5. The number of benzene rings is 1. The van der Waals surface area contributed by atoms with Gasteiger partial charge in [0.05, 0.1) is 6.10 Å². The van der Waals surface area contributed by atoms with Gasteiger partial charge < -0.3 is 10.5 Å². The monoisotopic (exact) mass is 191 g/mol. The molecule has 14 heavy (non-hydrogen) atoms. The van der Waals surface area contributed by atoms with Crippen molar-refractivity contribution in [3.63, 3.8) is 0 Å². The molecule has 0 saturated heterocycles. The molecular formula is C12H17NO. The van der Waals surface area contributed by atoms with Gasteiger partial charge in [0.2, 0.25) is 0 Å². The fourth-order valence-electron chi connectivity index (χ4n) is 1.84. The van der Waals surface area contributed by atoms with E-state index in [0.29, 0.717) is 0 Å². The van der Waals surface area contributed by atoms with Crippen molar-refractivity contribution in [1.29, 1.82) is 0 Å². The molecule has 0 heterocycles. The molecular weight excluding hydrogens is 174 g/mol. The fraction of sp³-hybridized carbons (Fsp3) is 0.500. The summed E-state index contributed by atoms with van der Waals surface area (Å²) in [4.78, 5) is 0. The van der Waals surface area contributed by atoms with Crippen molar-refractivity contribution in [3.8, 4) is 0 Å². The van der Waals surface area contributed by atoms with Crippen molar-refractivity contribution >= 4 is 0 Å². The van der Waals surface area contributed by atoms with E-state index in [0.717, 1.165) is 12.8 Å². The van der Waals surface area contributed by atoms with Crippen LogP contribution in [0.1, 0.15) is 37.0 Å². The van der Waals surface area contributed by atoms with E-state index in [9.17, 15) is 0 Å². The van der Waals surface area contributed by atoms with Crippen LogP contribution in [-0.4, -0.2) is 7.11 Å². The van der Waals surface area contributed by atoms with Gasteiger partial charge in [-0.25, -0.2) is 0 Å². The normalized spacial score (nSPS) is 20.5. The standard InChI is InChI=1S/C12H17NO/c1-9(14-2)10-5-3-4-6-11(10)12(13)7-8-12/h3-6,9H,7-8,13H2,1-2H3. The molecule has 1 aromatic rings. The summed E-state index contributed by atoms with van der Waals surface area (Å²) in [5, 5.41) is 0. The maximum Gasteiger partial charge on any atom is 0.0796 e. The predicted octanol–water partition coefficient (Wildman–Crippen LogP) is 2.34. The summed E-state index contributed by atoms with van der Waals surface area (Å²) in [5.74, 6) is 0. The maximum absolute atomic E-state index is 6.21. The van der Waals surface area contributed by atoms with E-state index < -0.39 is 0 Å². The minimum absolute atomic E-state index is 0.0661. The average Bonchev–Trinajstić information content (AvgIpc) is 2.97. The fourth-order valence-corrected chi connectivity index (χ4v) is 1.84. The van der Waals surface area contributed by atoms with Gasteiger partial charge in [0.1, 0.15) is 0 Å². The molecule has 2 N–H and O–H groups in total. The van der Waals surface area contributed by atoms with E-state index >= 15 is 0 Å². The molecule has 1 aliphatic rings. The predicted molar refractivity (Wildman–Crippen MR) is 57.0 cm³/mol. The third-order valence-corrected chi connectivity index (χ3v) is 3.08. The smallest absolute Gasteiger partial charge is 0.0796 e. The first-order valence-corrected chi connectivity index (χ1v) is 5.08. The second kappa shape index (κ2) is 3.37. The molecule has 0 aromatic heterocycles. The van der Waals surface area contributed by atoms with E-state index in [2.05, 4.69) is 19.1 Å². The summed E-state index contributed by atoms with van der Waals surface area (Å²) in [6.07, 6.45) is 2.33. The molecule has 1 saturated carbocycles. The lowest BCUT2D eigenvalue weighted by atomic mass is 9.96. The van der Waals surface area contributed by atoms with Gasteiger partial charge >= 0.3 is 0 Å². The molecule has 76 valence electrons. The molecule has 2 nitrogen and oxygen atoms in total. The van der Waals surface area contributed by atoms with Gasteiger partial charge in [-0.15, -0.1) is 0 Å². The topological polar surface area (TPSA) is 35.2 Å². The minimum atomic E-state index is -0.0661. The summed E-state index contributed by atoms with van der Waals surface area (Å²) < 4.78 is 5.34. The molecule has 2 heteroatoms. The Kier molecular flexibility index (Phi) is 2.33. The Morgan fingerprint density at radius 3 is 2.57 bits per heavy atom. The summed E-state index contributed by atoms with van der Waals surface area (Å²) in [5.41, 5.74) is 8.63. The van der Waals surface area contributed by atoms with Gasteiger partial charge in [-0.3, -0.25) is 0 Å². The van der Waals surface area contributed by atoms with Gasteiger partial charge in [-0.1, -0.05) is 24.3 Å². The molecule has 1 fully saturated rings. The van der Waals surface area contributed by atoms with Gasteiger partial charge in [-0.2, -0.15) is 0 Å². The van der Waals surface area contributed by atoms with Crippen LogP contribution in [0.5, 0.6) is 0 Å². The number of hydrogen-bond acceptors (Lipinski definition) is 2. The van der Waals surface area contributed by atoms with Crippen LogP contribution >= 0.6 is 0 Å². The molecule has 2 rings (SSSR count). The van der Waals surface area contributed by atoms with Crippen LogP contribution in [0, 0.1) is 0 Å². The van der Waals surface area contributed by atoms with Crippen LogP contribution in [0.25, 0.3) is 0 Å². The van der Waals surface area contributed by atoms with Crippen molar-refractivity contribution in [3.05, 3.63) is 35.4 Å². The summed E-state index contributed by atoms with van der Waals surface area (Å²) >= 11 is 0. The van der Waals surface area contributed by atoms with E-state index in [1.807, 2.05) is 12.1 Å². The number of rotatable bonds is 3. The molecule has 1 aromatic carbocycles. The molecule has 1 atom stereocenters. The van der Waals surface area contributed by atoms with E-state index in [1.54, 1.807) is 7.11 Å². The van der Waals surface area contributed by atoms with Crippen molar-refractivity contribution in [2.75, 3.05) is 7.11 Å². The average molecular weight is 191 g/mol. The van der Waals surface area contributed by atoms with Gasteiger partial charge in [0, 0.05) is 12.6 Å². The summed E-state index contributed by atoms with van der Waals surface area (Å²) in [6.45, 7) is 2.06. The summed E-state index contributed by atoms with van der Waals surface area (Å²) in [6, 6.07) is 8.32. The Morgan fingerprint density at radius 1 is 1.36 bits per heavy atom. The zero-order chi connectivity index (χ0) is 10.2. The molecule has 0 spiro atoms. The molecule has 0 radical (unpaired) electrons. The van der Waals surface area contributed by atoms with Gasteiger partial charge in [-0.05, 0) is 30.9 Å². The van der Waals surface area contributed by atoms with Gasteiger partial charge in [0.25, 0.3) is 0 Å². The summed E-state index contributed by atoms with van der Waals surface area (Å²) in [7, 11) is 1.73. The Labute approximate surface area is 85.1 Å². The highest BCUT2D eigenvalue weighted by Crippen LogP contribution is 2.45. The van der Waals surface area contributed by atoms with Crippen molar-refractivity contribution in [2.45, 2.75) is 31.4 Å². The first kappa shape index (κ1) is 9.69. The van der Waals surface area contributed by atoms with E-state index in [4.69, 9.17) is 10.5 Å². The van der Waals surface area contributed by atoms with Crippen LogP contribution < -0.4 is 5.73 Å². The minimum Gasteiger partial charge on any atom is -0.377 e. The lowest BCUT2D eigenvalue weighted by molar-refractivity contribution is 0.118. The second-order valence-corrected chi connectivity index (χ2v) is 4.12. The molecule has 0 amide bonds. The van der Waals surface area contributed by atoms with Crippen LogP contribution in [-0.2, 0) is 10.3 Å². The number of methoxy groups -OCH3 is 1. The van der Waals surface area contributed by atoms with Crippen molar-refractivity contribution < 1.29 is 4.74 Å². The van der Waals surface area contributed by atoms with Crippen LogP contribution in [0.15, 0.2) is 24.3 Å². The van der Waals surface area contributed by atoms with Crippen molar-refractivity contribution in [1.82, 2.24) is 0 Å². The van der Waals surface area contributed by atoms with Crippen molar-refractivity contribution in [2.24, 2.45) is 5.73 Å². The zero-order valence-corrected chi connectivity index (χ0v) is 8.79. The molecule has 1 aliphatic carbocycles. The molecule has 1 unspecified atom stereocenters. The third-order valence-electron chi connectivity index (χ3n) is 3.08. The van der Waals surface area contributed by atoms with E-state index in [-0.39, 0.29) is 11.6 Å². The van der Waals surface area contributed by atoms with Gasteiger partial charge in [0.15, 0.2) is 0 Å². The Balaban J connectivity index is 2.38. The quantitative estimate of drug-likeness (QED) is 0.796. The third kappa shape index (κ3) is 1.56. The first-order chi connectivity index (χ1) is 6.67. The Bertz CT molecular complexity index is 331. The zero-order valence-electron chi connectivity index (χ0n) is 8.79. The lowest BCUT2D eigenvalue weighted by Crippen LogP contribution is -2.21. The Hall–Kier alpha value is -0.860. The van der Waals surface area contributed by atoms with Crippen LogP contribution in [0.3, 0.4) is 0 Å². The highest BCUT2D eigenvalue weighted by Gasteiger charge is 2.41. The number of ether oxygens (including phenoxy) is 1. The first-order valence-electron chi connectivity index (χ1n) is 5.08. The Morgan fingerprint density at radius 2 is 2.00 bits per heavy atom. The van der Waals surface area contributed by atoms with Crippen LogP contribution in [0.4, 0.5) is 0 Å². The molecule has 0 aliphatic heterocycles. The maximum atomic E-state index is 6.21. The highest BCUT2D eigenvalue weighted by molar-refractivity contribution is 5.38. The lowest BCUT2D eigenvalue weighted by Gasteiger charge is -2.19. The number of nitrogens with two attached hydrogens (primary N) is 1. The largest absolute Gasteiger partial charge is 0.377 e.